The molecule has 0 spiro atoms. The molecule has 3 N–H and O–H groups in total. The quantitative estimate of drug-likeness (QED) is 0.548. The van der Waals surface area contributed by atoms with E-state index < -0.39 is 49.5 Å². The van der Waals surface area contributed by atoms with Crippen LogP contribution in [0.15, 0.2) is 23.1 Å². The molecule has 4 bridgehead atoms. The number of amides is 2. The fraction of sp³-hybridized carbons (Fsp3) is 0.600. The molecule has 4 aliphatic carbocycles. The molecule has 2 amide bonds. The predicted octanol–water partition coefficient (Wildman–Crippen LogP) is 3.00. The Bertz CT molecular complexity index is 1010. The summed E-state index contributed by atoms with van der Waals surface area (Å²) in [6.07, 6.45) is 1.02. The fourth-order valence-electron chi connectivity index (χ4n) is 5.82. The minimum Gasteiger partial charge on any atom is -0.273 e. The molecule has 5 rings (SSSR count). The molecule has 0 saturated heterocycles. The zero-order valence-electron chi connectivity index (χ0n) is 17.0. The number of carbonyl (C=O) groups excluding carboxylic acids is 2. The van der Waals surface area contributed by atoms with Crippen LogP contribution in [0.1, 0.15) is 44.1 Å². The van der Waals surface area contributed by atoms with E-state index >= 15 is 0 Å². The molecule has 4 aliphatic rings. The van der Waals surface area contributed by atoms with Gasteiger partial charge in [-0.05, 0) is 74.5 Å². The molecule has 32 heavy (non-hydrogen) atoms. The first-order valence-corrected chi connectivity index (χ1v) is 12.2. The maximum absolute atomic E-state index is 13.0. The van der Waals surface area contributed by atoms with E-state index in [1.807, 2.05) is 4.72 Å². The highest BCUT2D eigenvalue weighted by Crippen LogP contribution is 2.60. The topological polar surface area (TPSA) is 104 Å². The number of hydrogen-bond acceptors (Lipinski definition) is 4. The minimum absolute atomic E-state index is 0.264. The van der Waals surface area contributed by atoms with Gasteiger partial charge in [-0.25, -0.2) is 13.1 Å². The smallest absolute Gasteiger partial charge is 0.273 e. The third-order valence-corrected chi connectivity index (χ3v) is 8.54. The Labute approximate surface area is 188 Å². The maximum atomic E-state index is 13.0. The van der Waals surface area contributed by atoms with Crippen molar-refractivity contribution in [2.45, 2.75) is 49.6 Å². The molecule has 1 aromatic carbocycles. The Hall–Kier alpha value is -1.85. The number of sulfonamides is 1. The van der Waals surface area contributed by atoms with Gasteiger partial charge in [0.25, 0.3) is 5.91 Å². The molecular weight excluding hydrogens is 471 g/mol. The first kappa shape index (κ1) is 23.3. The van der Waals surface area contributed by atoms with Crippen LogP contribution in [0.2, 0.25) is 5.02 Å². The number of benzene rings is 1. The van der Waals surface area contributed by atoms with Crippen LogP contribution < -0.4 is 15.6 Å². The number of carbonyl (C=O) groups is 2. The number of halogens is 4. The van der Waals surface area contributed by atoms with Gasteiger partial charge < -0.3 is 0 Å². The summed E-state index contributed by atoms with van der Waals surface area (Å²) in [4.78, 5) is 24.2. The highest BCUT2D eigenvalue weighted by Gasteiger charge is 2.54. The summed E-state index contributed by atoms with van der Waals surface area (Å²) in [7, 11) is -4.41. The summed E-state index contributed by atoms with van der Waals surface area (Å²) in [5, 5.41) is -0.637. The molecule has 0 atom stereocenters. The van der Waals surface area contributed by atoms with Crippen LogP contribution in [0.25, 0.3) is 0 Å². The van der Waals surface area contributed by atoms with Crippen LogP contribution in [-0.2, 0) is 25.8 Å². The highest BCUT2D eigenvalue weighted by atomic mass is 35.5. The molecule has 0 unspecified atom stereocenters. The van der Waals surface area contributed by atoms with E-state index in [1.165, 1.54) is 0 Å². The van der Waals surface area contributed by atoms with Crippen molar-refractivity contribution in [3.8, 4) is 0 Å². The summed E-state index contributed by atoms with van der Waals surface area (Å²) in [6.45, 7) is -0.756. The van der Waals surface area contributed by atoms with E-state index in [4.69, 9.17) is 11.6 Å². The lowest BCUT2D eigenvalue weighted by atomic mass is 9.49. The molecule has 0 aliphatic heterocycles. The van der Waals surface area contributed by atoms with Crippen LogP contribution in [-0.4, -0.2) is 26.8 Å². The van der Waals surface area contributed by atoms with Gasteiger partial charge >= 0.3 is 6.18 Å². The number of rotatable bonds is 5. The first-order valence-electron chi connectivity index (χ1n) is 10.3. The van der Waals surface area contributed by atoms with Crippen molar-refractivity contribution in [3.05, 3.63) is 28.8 Å². The van der Waals surface area contributed by atoms with E-state index in [0.717, 1.165) is 50.7 Å². The van der Waals surface area contributed by atoms with Crippen LogP contribution in [0.5, 0.6) is 0 Å². The monoisotopic (exact) mass is 493 g/mol. The van der Waals surface area contributed by atoms with Gasteiger partial charge in [0.15, 0.2) is 0 Å². The summed E-state index contributed by atoms with van der Waals surface area (Å²) in [6, 6.07) is 2.13. The van der Waals surface area contributed by atoms with E-state index in [-0.39, 0.29) is 5.91 Å². The van der Waals surface area contributed by atoms with Crippen LogP contribution in [0, 0.1) is 23.2 Å². The summed E-state index contributed by atoms with van der Waals surface area (Å²) in [5.41, 5.74) is 2.84. The normalized spacial score (nSPS) is 29.1. The van der Waals surface area contributed by atoms with Gasteiger partial charge in [0, 0.05) is 0 Å². The maximum Gasteiger partial charge on any atom is 0.417 e. The largest absolute Gasteiger partial charge is 0.417 e. The third-order valence-electron chi connectivity index (χ3n) is 6.81. The van der Waals surface area contributed by atoms with Crippen molar-refractivity contribution in [2.75, 3.05) is 6.54 Å². The Morgan fingerprint density at radius 3 is 2.12 bits per heavy atom. The molecular formula is C20H23ClF3N3O4S. The molecule has 4 saturated carbocycles. The van der Waals surface area contributed by atoms with Gasteiger partial charge in [-0.15, -0.1) is 0 Å². The third kappa shape index (κ3) is 4.60. The van der Waals surface area contributed by atoms with Gasteiger partial charge in [0.2, 0.25) is 15.9 Å². The molecule has 12 heteroatoms. The van der Waals surface area contributed by atoms with Gasteiger partial charge in [-0.3, -0.25) is 20.4 Å². The Balaban J connectivity index is 1.33. The molecule has 0 aromatic heterocycles. The standard InChI is InChI=1S/C20H23ClF3N3O4S/c21-16-2-1-14(6-15(16)20(22,23)24)32(30,31)25-10-17(28)26-27-18(29)19-7-11-3-12(8-19)5-13(4-11)9-19/h1-2,6,11-13,25H,3-5,7-10H2,(H,26,28)(H,27,29). The second-order valence-corrected chi connectivity index (χ2v) is 11.3. The summed E-state index contributed by atoms with van der Waals surface area (Å²) in [5.74, 6) is 0.512. The lowest BCUT2D eigenvalue weighted by Gasteiger charge is -2.55. The van der Waals surface area contributed by atoms with Crippen molar-refractivity contribution in [1.82, 2.24) is 15.6 Å². The zero-order valence-corrected chi connectivity index (χ0v) is 18.5. The molecule has 0 radical (unpaired) electrons. The van der Waals surface area contributed by atoms with E-state index in [9.17, 15) is 31.2 Å². The second-order valence-electron chi connectivity index (χ2n) is 9.16. The van der Waals surface area contributed by atoms with Gasteiger partial charge in [-0.1, -0.05) is 11.6 Å². The predicted molar refractivity (Wildman–Crippen MR) is 109 cm³/mol. The molecule has 1 aromatic rings. The van der Waals surface area contributed by atoms with Crippen molar-refractivity contribution in [3.63, 3.8) is 0 Å². The van der Waals surface area contributed by atoms with E-state index in [2.05, 4.69) is 10.9 Å². The molecule has 7 nitrogen and oxygen atoms in total. The lowest BCUT2D eigenvalue weighted by molar-refractivity contribution is -0.148. The van der Waals surface area contributed by atoms with Crippen LogP contribution in [0.3, 0.4) is 0 Å². The van der Waals surface area contributed by atoms with Crippen molar-refractivity contribution < 1.29 is 31.2 Å². The average Bonchev–Trinajstić information content (AvgIpc) is 2.68. The average molecular weight is 494 g/mol. The van der Waals surface area contributed by atoms with Gasteiger partial charge in [0.1, 0.15) is 0 Å². The second kappa shape index (κ2) is 8.18. The SMILES string of the molecule is O=C(CNS(=O)(=O)c1ccc(Cl)c(C(F)(F)F)c1)NNC(=O)C12CC3CC(CC(C3)C1)C2. The van der Waals surface area contributed by atoms with Crippen molar-refractivity contribution >= 4 is 33.4 Å². The number of hydrogen-bond donors (Lipinski definition) is 3. The minimum atomic E-state index is -4.83. The Kier molecular flexibility index (Phi) is 5.96. The Morgan fingerprint density at radius 1 is 1.03 bits per heavy atom. The fourth-order valence-corrected chi connectivity index (χ4v) is 7.06. The van der Waals surface area contributed by atoms with Gasteiger partial charge in [0.05, 0.1) is 27.4 Å². The van der Waals surface area contributed by atoms with Crippen LogP contribution in [0.4, 0.5) is 13.2 Å². The van der Waals surface area contributed by atoms with E-state index in [0.29, 0.717) is 23.8 Å². The first-order chi connectivity index (χ1) is 14.9. The molecule has 4 fully saturated rings. The number of hydrazine groups is 1. The van der Waals surface area contributed by atoms with Crippen molar-refractivity contribution in [2.24, 2.45) is 23.2 Å². The molecule has 0 heterocycles. The van der Waals surface area contributed by atoms with Gasteiger partial charge in [-0.2, -0.15) is 13.2 Å². The summed E-state index contributed by atoms with van der Waals surface area (Å²) >= 11 is 5.50. The highest BCUT2D eigenvalue weighted by molar-refractivity contribution is 7.89. The zero-order chi connectivity index (χ0) is 23.3. The van der Waals surface area contributed by atoms with E-state index in [1.54, 1.807) is 0 Å². The number of nitrogens with one attached hydrogen (secondary N) is 3. The molecule has 176 valence electrons. The summed E-state index contributed by atoms with van der Waals surface area (Å²) < 4.78 is 65.5. The number of alkyl halides is 3. The van der Waals surface area contributed by atoms with Crippen molar-refractivity contribution in [1.29, 1.82) is 0 Å². The lowest BCUT2D eigenvalue weighted by Crippen LogP contribution is -2.57. The Morgan fingerprint density at radius 2 is 1.59 bits per heavy atom. The van der Waals surface area contributed by atoms with Crippen LogP contribution >= 0.6 is 11.6 Å².